The van der Waals surface area contributed by atoms with Gasteiger partial charge in [-0.2, -0.15) is 0 Å². The molecule has 0 bridgehead atoms. The zero-order valence-corrected chi connectivity index (χ0v) is 24.3. The minimum atomic E-state index is -4.09. The Bertz CT molecular complexity index is 1480. The second-order valence-electron chi connectivity index (χ2n) is 11.0. The van der Waals surface area contributed by atoms with Crippen molar-refractivity contribution in [3.8, 4) is 0 Å². The number of carbonyl (C=O) groups is 3. The molecule has 0 radical (unpaired) electrons. The van der Waals surface area contributed by atoms with Crippen LogP contribution in [-0.4, -0.2) is 42.9 Å². The first-order chi connectivity index (χ1) is 19.4. The summed E-state index contributed by atoms with van der Waals surface area (Å²) in [4.78, 5) is 41.2. The molecule has 0 saturated carbocycles. The van der Waals surface area contributed by atoms with Crippen LogP contribution >= 0.6 is 0 Å². The zero-order chi connectivity index (χ0) is 29.8. The molecule has 1 fully saturated rings. The van der Waals surface area contributed by atoms with Gasteiger partial charge in [-0.1, -0.05) is 78.4 Å². The number of aryl methyl sites for hydroxylation is 1. The van der Waals surface area contributed by atoms with Gasteiger partial charge in [-0.3, -0.25) is 4.79 Å². The number of carbonyl (C=O) groups excluding carboxylic acids is 3. The molecule has 1 aliphatic rings. The molecular formula is C31H34N2O7S. The number of hydrogen-bond acceptors (Lipinski definition) is 7. The average molecular weight is 579 g/mol. The van der Waals surface area contributed by atoms with E-state index in [0.29, 0.717) is 5.56 Å². The highest BCUT2D eigenvalue weighted by Gasteiger charge is 2.52. The molecule has 0 spiro atoms. The standard InChI is InChI=1S/C31H34N2O7S/c1-21-15-17-24(18-16-21)41(37,38)32-27(23-13-9-6-10-14-23)25-19-26(29(35)39-20-22-11-7-5-8-12-22)33(28(25)34)30(36)40-31(2,3)4/h5-18,25-27,32H,19-20H2,1-4H3/t25-,26-,27-/m0/s1. The highest BCUT2D eigenvalue weighted by atomic mass is 32.2. The van der Waals surface area contributed by atoms with Gasteiger partial charge < -0.3 is 9.47 Å². The van der Waals surface area contributed by atoms with E-state index < -0.39 is 51.6 Å². The molecule has 9 nitrogen and oxygen atoms in total. The van der Waals surface area contributed by atoms with Crippen molar-refractivity contribution in [2.75, 3.05) is 0 Å². The van der Waals surface area contributed by atoms with Crippen LogP contribution in [0.5, 0.6) is 0 Å². The molecule has 0 aliphatic carbocycles. The van der Waals surface area contributed by atoms with E-state index in [-0.39, 0.29) is 17.9 Å². The van der Waals surface area contributed by atoms with Gasteiger partial charge in [0.15, 0.2) is 0 Å². The normalized spacial score (nSPS) is 18.1. The molecule has 3 atom stereocenters. The van der Waals surface area contributed by atoms with Crippen LogP contribution in [0, 0.1) is 12.8 Å². The molecule has 10 heteroatoms. The summed E-state index contributed by atoms with van der Waals surface area (Å²) in [7, 11) is -4.09. The van der Waals surface area contributed by atoms with E-state index in [1.165, 1.54) is 12.1 Å². The lowest BCUT2D eigenvalue weighted by Crippen LogP contribution is -2.47. The van der Waals surface area contributed by atoms with E-state index in [2.05, 4.69) is 4.72 Å². The number of esters is 1. The molecule has 41 heavy (non-hydrogen) atoms. The second kappa shape index (κ2) is 12.2. The molecule has 1 saturated heterocycles. The first-order valence-electron chi connectivity index (χ1n) is 13.3. The van der Waals surface area contributed by atoms with Gasteiger partial charge in [-0.05, 0) is 57.4 Å². The quantitative estimate of drug-likeness (QED) is 0.377. The first kappa shape index (κ1) is 30.0. The number of likely N-dealkylation sites (tertiary alicyclic amines) is 1. The molecule has 1 N–H and O–H groups in total. The molecule has 216 valence electrons. The lowest BCUT2D eigenvalue weighted by Gasteiger charge is -2.27. The SMILES string of the molecule is Cc1ccc(S(=O)(=O)N[C@@H](c2ccccc2)[C@@H]2C[C@@H](C(=O)OCc3ccccc3)N(C(=O)OC(C)(C)C)C2=O)cc1. The van der Waals surface area contributed by atoms with Crippen LogP contribution in [0.4, 0.5) is 4.79 Å². The summed E-state index contributed by atoms with van der Waals surface area (Å²) in [6, 6.07) is 21.5. The van der Waals surface area contributed by atoms with Gasteiger partial charge in [0.05, 0.1) is 16.9 Å². The van der Waals surface area contributed by atoms with E-state index in [4.69, 9.17) is 9.47 Å². The first-order valence-corrected chi connectivity index (χ1v) is 14.7. The molecule has 1 heterocycles. The van der Waals surface area contributed by atoms with E-state index in [1.54, 1.807) is 87.5 Å². The van der Waals surface area contributed by atoms with Crippen molar-refractivity contribution in [2.45, 2.75) is 63.3 Å². The number of hydrogen-bond donors (Lipinski definition) is 1. The Labute approximate surface area is 240 Å². The highest BCUT2D eigenvalue weighted by Crippen LogP contribution is 2.37. The Kier molecular flexibility index (Phi) is 8.94. The second-order valence-corrected chi connectivity index (χ2v) is 12.7. The molecular weight excluding hydrogens is 544 g/mol. The van der Waals surface area contributed by atoms with Crippen molar-refractivity contribution in [1.82, 2.24) is 9.62 Å². The topological polar surface area (TPSA) is 119 Å². The molecule has 0 unspecified atom stereocenters. The number of ether oxygens (including phenoxy) is 2. The number of nitrogens with zero attached hydrogens (tertiary/aromatic N) is 1. The third kappa shape index (κ3) is 7.39. The minimum Gasteiger partial charge on any atom is -0.459 e. The Morgan fingerprint density at radius 2 is 1.54 bits per heavy atom. The Balaban J connectivity index is 1.68. The van der Waals surface area contributed by atoms with Gasteiger partial charge in [0.2, 0.25) is 15.9 Å². The number of sulfonamides is 1. The van der Waals surface area contributed by atoms with Crippen LogP contribution in [-0.2, 0) is 35.7 Å². The molecule has 3 aromatic rings. The van der Waals surface area contributed by atoms with Gasteiger partial charge in [0, 0.05) is 0 Å². The summed E-state index contributed by atoms with van der Waals surface area (Å²) < 4.78 is 40.5. The van der Waals surface area contributed by atoms with Crippen LogP contribution in [0.15, 0.2) is 89.8 Å². The summed E-state index contributed by atoms with van der Waals surface area (Å²) in [6.45, 7) is 6.73. The van der Waals surface area contributed by atoms with Crippen molar-refractivity contribution in [1.29, 1.82) is 0 Å². The fraction of sp³-hybridized carbons (Fsp3) is 0.323. The van der Waals surface area contributed by atoms with Gasteiger partial charge in [0.25, 0.3) is 0 Å². The molecule has 4 rings (SSSR count). The Morgan fingerprint density at radius 1 is 0.951 bits per heavy atom. The summed E-state index contributed by atoms with van der Waals surface area (Å²) >= 11 is 0. The van der Waals surface area contributed by atoms with Crippen LogP contribution in [0.2, 0.25) is 0 Å². The summed E-state index contributed by atoms with van der Waals surface area (Å²) in [5, 5.41) is 0. The predicted molar refractivity (Wildman–Crippen MR) is 152 cm³/mol. The van der Waals surface area contributed by atoms with Crippen LogP contribution in [0.25, 0.3) is 0 Å². The van der Waals surface area contributed by atoms with Crippen molar-refractivity contribution in [3.63, 3.8) is 0 Å². The smallest absolute Gasteiger partial charge is 0.417 e. The number of nitrogens with one attached hydrogen (secondary N) is 1. The maximum Gasteiger partial charge on any atom is 0.417 e. The number of imide groups is 1. The number of rotatable bonds is 8. The lowest BCUT2D eigenvalue weighted by atomic mass is 9.91. The maximum absolute atomic E-state index is 13.9. The third-order valence-corrected chi connectivity index (χ3v) is 8.06. The zero-order valence-electron chi connectivity index (χ0n) is 23.4. The fourth-order valence-electron chi connectivity index (χ4n) is 4.61. The van der Waals surface area contributed by atoms with Crippen LogP contribution in [0.1, 0.15) is 49.9 Å². The lowest BCUT2D eigenvalue weighted by molar-refractivity contribution is -0.152. The maximum atomic E-state index is 13.9. The molecule has 1 aliphatic heterocycles. The van der Waals surface area contributed by atoms with Gasteiger partial charge in [-0.25, -0.2) is 27.6 Å². The molecule has 2 amide bonds. The molecule has 0 aromatic heterocycles. The van der Waals surface area contributed by atoms with Gasteiger partial charge in [0.1, 0.15) is 18.2 Å². The largest absolute Gasteiger partial charge is 0.459 e. The fourth-order valence-corrected chi connectivity index (χ4v) is 5.87. The van der Waals surface area contributed by atoms with Crippen molar-refractivity contribution in [3.05, 3.63) is 102 Å². The number of benzene rings is 3. The van der Waals surface area contributed by atoms with Crippen molar-refractivity contribution in [2.24, 2.45) is 5.92 Å². The summed E-state index contributed by atoms with van der Waals surface area (Å²) in [5.74, 6) is -2.62. The minimum absolute atomic E-state index is 0.0253. The van der Waals surface area contributed by atoms with Crippen molar-refractivity contribution < 1.29 is 32.3 Å². The van der Waals surface area contributed by atoms with Gasteiger partial charge >= 0.3 is 12.1 Å². The van der Waals surface area contributed by atoms with E-state index in [9.17, 15) is 22.8 Å². The van der Waals surface area contributed by atoms with E-state index >= 15 is 0 Å². The van der Waals surface area contributed by atoms with E-state index in [1.807, 2.05) is 13.0 Å². The van der Waals surface area contributed by atoms with E-state index in [0.717, 1.165) is 16.0 Å². The third-order valence-electron chi connectivity index (χ3n) is 6.60. The average Bonchev–Trinajstić information content (AvgIpc) is 3.28. The monoisotopic (exact) mass is 578 g/mol. The van der Waals surface area contributed by atoms with Gasteiger partial charge in [-0.15, -0.1) is 0 Å². The number of amides is 2. The summed E-state index contributed by atoms with van der Waals surface area (Å²) in [5.41, 5.74) is 1.18. The predicted octanol–water partition coefficient (Wildman–Crippen LogP) is 4.91. The van der Waals surface area contributed by atoms with Crippen LogP contribution in [0.3, 0.4) is 0 Å². The summed E-state index contributed by atoms with van der Waals surface area (Å²) in [6.07, 6.45) is -1.17. The van der Waals surface area contributed by atoms with Crippen LogP contribution < -0.4 is 4.72 Å². The molecule has 3 aromatic carbocycles. The van der Waals surface area contributed by atoms with Crippen molar-refractivity contribution >= 4 is 28.0 Å². The highest BCUT2D eigenvalue weighted by molar-refractivity contribution is 7.89. The Morgan fingerprint density at radius 3 is 2.12 bits per heavy atom. The Hall–Kier alpha value is -4.02.